The van der Waals surface area contributed by atoms with E-state index in [1.807, 2.05) is 50.2 Å². The first-order chi connectivity index (χ1) is 13.8. The van der Waals surface area contributed by atoms with Crippen molar-refractivity contribution >= 4 is 29.1 Å². The lowest BCUT2D eigenvalue weighted by molar-refractivity contribution is -0.139. The predicted molar refractivity (Wildman–Crippen MR) is 115 cm³/mol. The van der Waals surface area contributed by atoms with Gasteiger partial charge in [-0.05, 0) is 63.8 Å². The Kier molecular flexibility index (Phi) is 6.40. The fourth-order valence-electron chi connectivity index (χ4n) is 3.53. The highest BCUT2D eigenvalue weighted by Gasteiger charge is 2.45. The van der Waals surface area contributed by atoms with Crippen LogP contribution in [0.15, 0.2) is 54.1 Å². The minimum atomic E-state index is -0.659. The summed E-state index contributed by atoms with van der Waals surface area (Å²) in [7, 11) is 3.93. The van der Waals surface area contributed by atoms with Crippen LogP contribution in [0.4, 0.5) is 0 Å². The van der Waals surface area contributed by atoms with Gasteiger partial charge in [0.1, 0.15) is 5.76 Å². The van der Waals surface area contributed by atoms with E-state index in [1.54, 1.807) is 29.2 Å². The lowest BCUT2D eigenvalue weighted by Gasteiger charge is -2.26. The maximum Gasteiger partial charge on any atom is 0.295 e. The molecule has 6 heteroatoms. The highest BCUT2D eigenvalue weighted by Crippen LogP contribution is 2.39. The van der Waals surface area contributed by atoms with E-state index >= 15 is 0 Å². The average molecular weight is 413 g/mol. The number of aliphatic hydroxyl groups excluding tert-OH is 1. The van der Waals surface area contributed by atoms with Gasteiger partial charge in [-0.15, -0.1) is 0 Å². The summed E-state index contributed by atoms with van der Waals surface area (Å²) in [6.07, 6.45) is 0.726. The third-order valence-electron chi connectivity index (χ3n) is 5.06. The lowest BCUT2D eigenvalue weighted by atomic mass is 9.94. The smallest absolute Gasteiger partial charge is 0.295 e. The average Bonchev–Trinajstić information content (AvgIpc) is 2.93. The lowest BCUT2D eigenvalue weighted by Crippen LogP contribution is -2.32. The number of hydrogen-bond acceptors (Lipinski definition) is 4. The zero-order valence-corrected chi connectivity index (χ0v) is 17.6. The summed E-state index contributed by atoms with van der Waals surface area (Å²) in [5.41, 5.74) is 2.45. The van der Waals surface area contributed by atoms with Crippen molar-refractivity contribution in [2.45, 2.75) is 19.4 Å². The Bertz CT molecular complexity index is 934. The Balaban J connectivity index is 2.07. The van der Waals surface area contributed by atoms with E-state index in [4.69, 9.17) is 11.6 Å². The molecule has 1 fully saturated rings. The second kappa shape index (κ2) is 8.80. The van der Waals surface area contributed by atoms with E-state index in [1.165, 1.54) is 0 Å². The minimum absolute atomic E-state index is 0.117. The Morgan fingerprint density at radius 2 is 1.69 bits per heavy atom. The normalized spacial score (nSPS) is 18.7. The van der Waals surface area contributed by atoms with Crippen LogP contribution >= 0.6 is 11.6 Å². The summed E-state index contributed by atoms with van der Waals surface area (Å²) >= 11 is 5.94. The summed E-state index contributed by atoms with van der Waals surface area (Å²) < 4.78 is 0. The van der Waals surface area contributed by atoms with Crippen molar-refractivity contribution in [1.29, 1.82) is 0 Å². The Labute approximate surface area is 176 Å². The number of halogens is 1. The minimum Gasteiger partial charge on any atom is -0.507 e. The van der Waals surface area contributed by atoms with Gasteiger partial charge in [-0.2, -0.15) is 0 Å². The van der Waals surface area contributed by atoms with Crippen molar-refractivity contribution in [2.75, 3.05) is 27.2 Å². The maximum atomic E-state index is 12.9. The van der Waals surface area contributed by atoms with Crippen LogP contribution < -0.4 is 0 Å². The van der Waals surface area contributed by atoms with Crippen LogP contribution in [0.1, 0.15) is 29.2 Å². The fourth-order valence-corrected chi connectivity index (χ4v) is 3.65. The number of aryl methyl sites for hydroxylation is 1. The molecule has 5 nitrogen and oxygen atoms in total. The van der Waals surface area contributed by atoms with Crippen molar-refractivity contribution in [3.05, 3.63) is 75.8 Å². The number of benzene rings is 2. The summed E-state index contributed by atoms with van der Waals surface area (Å²) in [5, 5.41) is 11.5. The first-order valence-corrected chi connectivity index (χ1v) is 9.93. The van der Waals surface area contributed by atoms with E-state index in [0.29, 0.717) is 17.1 Å². The van der Waals surface area contributed by atoms with Gasteiger partial charge < -0.3 is 14.9 Å². The van der Waals surface area contributed by atoms with E-state index < -0.39 is 17.7 Å². The first kappa shape index (κ1) is 21.1. The zero-order valence-electron chi connectivity index (χ0n) is 16.9. The highest BCUT2D eigenvalue weighted by atomic mass is 35.5. The number of rotatable bonds is 6. The van der Waals surface area contributed by atoms with E-state index in [2.05, 4.69) is 0 Å². The third kappa shape index (κ3) is 4.52. The molecule has 0 bridgehead atoms. The number of Topliss-reactive ketones (excluding diaryl/α,β-unsaturated/α-hetero) is 1. The Morgan fingerprint density at radius 1 is 1.07 bits per heavy atom. The van der Waals surface area contributed by atoms with Crippen molar-refractivity contribution in [1.82, 2.24) is 9.80 Å². The Hall–Kier alpha value is -2.63. The number of hydrogen-bond donors (Lipinski definition) is 1. The fraction of sp³-hybridized carbons (Fsp3) is 0.304. The van der Waals surface area contributed by atoms with Crippen LogP contribution in [-0.4, -0.2) is 53.8 Å². The molecule has 3 rings (SSSR count). The molecular weight excluding hydrogens is 388 g/mol. The standard InChI is InChI=1S/C23H25ClN2O3/c1-15-5-7-16(8-6-15)20-19(21(27)17-9-11-18(24)12-10-17)22(28)23(29)26(20)14-4-13-25(2)3/h5-12,20,27H,4,13-14H2,1-3H3/b21-19+. The van der Waals surface area contributed by atoms with Gasteiger partial charge in [-0.3, -0.25) is 9.59 Å². The summed E-state index contributed by atoms with van der Waals surface area (Å²) in [6.45, 7) is 3.20. The molecule has 1 unspecified atom stereocenters. The van der Waals surface area contributed by atoms with Crippen LogP contribution in [-0.2, 0) is 9.59 Å². The van der Waals surface area contributed by atoms with Gasteiger partial charge in [0.15, 0.2) is 0 Å². The molecule has 2 aromatic rings. The van der Waals surface area contributed by atoms with Gasteiger partial charge in [0.25, 0.3) is 11.7 Å². The van der Waals surface area contributed by atoms with Crippen molar-refractivity contribution < 1.29 is 14.7 Å². The van der Waals surface area contributed by atoms with Gasteiger partial charge in [0.05, 0.1) is 11.6 Å². The van der Waals surface area contributed by atoms with Crippen LogP contribution in [0.25, 0.3) is 5.76 Å². The molecule has 0 spiro atoms. The number of aliphatic hydroxyl groups is 1. The summed E-state index contributed by atoms with van der Waals surface area (Å²) in [4.78, 5) is 29.3. The van der Waals surface area contributed by atoms with Gasteiger partial charge in [0, 0.05) is 17.1 Å². The maximum absolute atomic E-state index is 12.9. The molecule has 1 amide bonds. The van der Waals surface area contributed by atoms with Gasteiger partial charge in [-0.25, -0.2) is 0 Å². The molecule has 29 heavy (non-hydrogen) atoms. The molecule has 0 saturated carbocycles. The van der Waals surface area contributed by atoms with Crippen LogP contribution in [0.3, 0.4) is 0 Å². The number of nitrogens with zero attached hydrogens (tertiary/aromatic N) is 2. The molecule has 0 aromatic heterocycles. The molecule has 1 aliphatic heterocycles. The molecule has 1 atom stereocenters. The number of carbonyl (C=O) groups is 2. The first-order valence-electron chi connectivity index (χ1n) is 9.55. The van der Waals surface area contributed by atoms with Crippen LogP contribution in [0.5, 0.6) is 0 Å². The number of ketones is 1. The molecule has 0 radical (unpaired) electrons. The largest absolute Gasteiger partial charge is 0.507 e. The number of amides is 1. The molecular formula is C23H25ClN2O3. The van der Waals surface area contributed by atoms with Crippen LogP contribution in [0, 0.1) is 6.92 Å². The van der Waals surface area contributed by atoms with Gasteiger partial charge >= 0.3 is 0 Å². The van der Waals surface area contributed by atoms with Crippen LogP contribution in [0.2, 0.25) is 5.02 Å². The van der Waals surface area contributed by atoms with E-state index in [0.717, 1.165) is 24.1 Å². The van der Waals surface area contributed by atoms with Crippen molar-refractivity contribution in [3.8, 4) is 0 Å². The topological polar surface area (TPSA) is 60.9 Å². The SMILES string of the molecule is Cc1ccc(C2/C(=C(\O)c3ccc(Cl)cc3)C(=O)C(=O)N2CCCN(C)C)cc1. The second-order valence-electron chi connectivity index (χ2n) is 7.57. The summed E-state index contributed by atoms with van der Waals surface area (Å²) in [5.74, 6) is -1.42. The van der Waals surface area contributed by atoms with Crippen molar-refractivity contribution in [3.63, 3.8) is 0 Å². The van der Waals surface area contributed by atoms with Gasteiger partial charge in [0.2, 0.25) is 0 Å². The third-order valence-corrected chi connectivity index (χ3v) is 5.31. The Morgan fingerprint density at radius 3 is 2.28 bits per heavy atom. The molecule has 1 aliphatic rings. The van der Waals surface area contributed by atoms with Crippen molar-refractivity contribution in [2.24, 2.45) is 0 Å². The molecule has 1 heterocycles. The molecule has 2 aromatic carbocycles. The molecule has 0 aliphatic carbocycles. The molecule has 1 N–H and O–H groups in total. The second-order valence-corrected chi connectivity index (χ2v) is 8.00. The van der Waals surface area contributed by atoms with E-state index in [-0.39, 0.29) is 11.3 Å². The predicted octanol–water partition coefficient (Wildman–Crippen LogP) is 4.02. The quantitative estimate of drug-likeness (QED) is 0.442. The van der Waals surface area contributed by atoms with E-state index in [9.17, 15) is 14.7 Å². The monoisotopic (exact) mass is 412 g/mol. The number of carbonyl (C=O) groups excluding carboxylic acids is 2. The summed E-state index contributed by atoms with van der Waals surface area (Å²) in [6, 6.07) is 13.6. The molecule has 152 valence electrons. The number of likely N-dealkylation sites (tertiary alicyclic amines) is 1. The van der Waals surface area contributed by atoms with Gasteiger partial charge in [-0.1, -0.05) is 41.4 Å². The highest BCUT2D eigenvalue weighted by molar-refractivity contribution is 6.46. The zero-order chi connectivity index (χ0) is 21.1. The molecule has 1 saturated heterocycles.